The highest BCUT2D eigenvalue weighted by Gasteiger charge is 2.46. The molecular formula is C22H16N2O3. The molecule has 132 valence electrons. The van der Waals surface area contributed by atoms with Crippen LogP contribution in [0.4, 0.5) is 5.69 Å². The highest BCUT2D eigenvalue weighted by Crippen LogP contribution is 2.41. The molecule has 2 aromatic carbocycles. The first kappa shape index (κ1) is 16.7. The Morgan fingerprint density at radius 1 is 0.889 bits per heavy atom. The van der Waals surface area contributed by atoms with Gasteiger partial charge in [0.15, 0.2) is 0 Å². The van der Waals surface area contributed by atoms with Crippen LogP contribution in [-0.2, 0) is 9.59 Å². The van der Waals surface area contributed by atoms with Crippen molar-refractivity contribution in [2.45, 2.75) is 6.04 Å². The second-order valence-corrected chi connectivity index (χ2v) is 6.16. The zero-order valence-corrected chi connectivity index (χ0v) is 14.3. The molecule has 1 fully saturated rings. The summed E-state index contributed by atoms with van der Waals surface area (Å²) in [5.74, 6) is -1.59. The molecule has 1 unspecified atom stereocenters. The molecule has 1 amide bonds. The maximum absolute atomic E-state index is 12.9. The lowest BCUT2D eigenvalue weighted by molar-refractivity contribution is -0.132. The Balaban J connectivity index is 1.95. The summed E-state index contributed by atoms with van der Waals surface area (Å²) in [7, 11) is 0. The maximum Gasteiger partial charge on any atom is 0.300 e. The highest BCUT2D eigenvalue weighted by molar-refractivity contribution is 6.51. The molecule has 1 atom stereocenters. The topological polar surface area (TPSA) is 70.5 Å². The average molecular weight is 356 g/mol. The molecule has 3 aromatic rings. The van der Waals surface area contributed by atoms with Crippen molar-refractivity contribution < 1.29 is 14.7 Å². The first-order valence-corrected chi connectivity index (χ1v) is 8.50. The molecule has 2 heterocycles. The molecule has 0 saturated carbocycles. The molecular weight excluding hydrogens is 340 g/mol. The number of ketones is 1. The number of hydrogen-bond acceptors (Lipinski definition) is 4. The van der Waals surface area contributed by atoms with Gasteiger partial charge in [0.05, 0.1) is 23.5 Å². The summed E-state index contributed by atoms with van der Waals surface area (Å²) in [6.45, 7) is 0. The number of aromatic nitrogens is 1. The number of anilines is 1. The molecule has 27 heavy (non-hydrogen) atoms. The Bertz CT molecular complexity index is 1020. The van der Waals surface area contributed by atoms with Gasteiger partial charge in [0.25, 0.3) is 11.7 Å². The predicted octanol–water partition coefficient (Wildman–Crippen LogP) is 3.71. The van der Waals surface area contributed by atoms with E-state index in [0.29, 0.717) is 11.3 Å². The first-order chi connectivity index (χ1) is 13.2. The Kier molecular flexibility index (Phi) is 4.26. The van der Waals surface area contributed by atoms with Crippen molar-refractivity contribution in [1.29, 1.82) is 0 Å². The van der Waals surface area contributed by atoms with E-state index in [1.54, 1.807) is 42.6 Å². The number of hydrogen-bond donors (Lipinski definition) is 1. The molecule has 0 radical (unpaired) electrons. The van der Waals surface area contributed by atoms with Crippen LogP contribution in [0.1, 0.15) is 17.2 Å². The SMILES string of the molecule is O=C1C(=O)N(c2cccnc2)C(c2ccccc2)/C1=C(/O)c1ccccc1. The van der Waals surface area contributed by atoms with Crippen LogP contribution in [-0.4, -0.2) is 21.8 Å². The van der Waals surface area contributed by atoms with Crippen molar-refractivity contribution in [3.8, 4) is 0 Å². The van der Waals surface area contributed by atoms with Crippen molar-refractivity contribution >= 4 is 23.1 Å². The minimum atomic E-state index is -0.726. The summed E-state index contributed by atoms with van der Waals surface area (Å²) in [6, 6.07) is 20.6. The summed E-state index contributed by atoms with van der Waals surface area (Å²) in [4.78, 5) is 31.1. The number of benzene rings is 2. The van der Waals surface area contributed by atoms with Gasteiger partial charge in [0.1, 0.15) is 5.76 Å². The molecule has 1 aliphatic rings. The van der Waals surface area contributed by atoms with Crippen LogP contribution in [0.2, 0.25) is 0 Å². The van der Waals surface area contributed by atoms with Crippen LogP contribution >= 0.6 is 0 Å². The van der Waals surface area contributed by atoms with Gasteiger partial charge in [-0.25, -0.2) is 0 Å². The smallest absolute Gasteiger partial charge is 0.300 e. The van der Waals surface area contributed by atoms with Gasteiger partial charge in [-0.15, -0.1) is 0 Å². The van der Waals surface area contributed by atoms with E-state index in [0.717, 1.165) is 5.56 Å². The second-order valence-electron chi connectivity index (χ2n) is 6.16. The molecule has 1 aromatic heterocycles. The quantitative estimate of drug-likeness (QED) is 0.441. The lowest BCUT2D eigenvalue weighted by Crippen LogP contribution is -2.29. The Morgan fingerprint density at radius 3 is 2.19 bits per heavy atom. The van der Waals surface area contributed by atoms with E-state index < -0.39 is 17.7 Å². The van der Waals surface area contributed by atoms with Gasteiger partial charge in [-0.3, -0.25) is 19.5 Å². The Hall–Kier alpha value is -3.73. The molecule has 1 N–H and O–H groups in total. The maximum atomic E-state index is 12.9. The minimum absolute atomic E-state index is 0.0706. The molecule has 0 spiro atoms. The fourth-order valence-corrected chi connectivity index (χ4v) is 3.30. The number of pyridine rings is 1. The first-order valence-electron chi connectivity index (χ1n) is 8.50. The third-order valence-electron chi connectivity index (χ3n) is 4.53. The second kappa shape index (κ2) is 6.88. The van der Waals surface area contributed by atoms with Crippen LogP contribution < -0.4 is 4.90 Å². The summed E-state index contributed by atoms with van der Waals surface area (Å²) in [5, 5.41) is 10.9. The van der Waals surface area contributed by atoms with Crippen molar-refractivity contribution in [2.75, 3.05) is 4.90 Å². The van der Waals surface area contributed by atoms with Crippen LogP contribution in [0, 0.1) is 0 Å². The van der Waals surface area contributed by atoms with Gasteiger partial charge < -0.3 is 5.11 Å². The number of rotatable bonds is 3. The third-order valence-corrected chi connectivity index (χ3v) is 4.53. The summed E-state index contributed by atoms with van der Waals surface area (Å²) in [6.07, 6.45) is 3.13. The summed E-state index contributed by atoms with van der Waals surface area (Å²) in [5.41, 5.74) is 1.79. The Labute approximate surface area is 156 Å². The lowest BCUT2D eigenvalue weighted by Gasteiger charge is -2.25. The van der Waals surface area contributed by atoms with E-state index in [-0.39, 0.29) is 11.3 Å². The highest BCUT2D eigenvalue weighted by atomic mass is 16.3. The van der Waals surface area contributed by atoms with Crippen molar-refractivity contribution in [3.05, 3.63) is 102 Å². The standard InChI is InChI=1S/C22H16N2O3/c25-20(16-10-5-2-6-11-16)18-19(15-8-3-1-4-9-15)24(22(27)21(18)26)17-12-7-13-23-14-17/h1-14,19,25H/b20-18-. The lowest BCUT2D eigenvalue weighted by atomic mass is 9.95. The van der Waals surface area contributed by atoms with Gasteiger partial charge in [-0.1, -0.05) is 60.7 Å². The monoisotopic (exact) mass is 356 g/mol. The van der Waals surface area contributed by atoms with E-state index in [4.69, 9.17) is 0 Å². The number of nitrogens with zero attached hydrogens (tertiary/aromatic N) is 2. The normalized spacial score (nSPS) is 18.7. The number of aliphatic hydroxyl groups excluding tert-OH is 1. The van der Waals surface area contributed by atoms with E-state index in [2.05, 4.69) is 4.98 Å². The van der Waals surface area contributed by atoms with Gasteiger partial charge in [-0.2, -0.15) is 0 Å². The summed E-state index contributed by atoms with van der Waals surface area (Å²) < 4.78 is 0. The van der Waals surface area contributed by atoms with Gasteiger partial charge >= 0.3 is 0 Å². The van der Waals surface area contributed by atoms with E-state index in [1.165, 1.54) is 11.1 Å². The van der Waals surface area contributed by atoms with Crippen molar-refractivity contribution in [1.82, 2.24) is 4.98 Å². The van der Waals surface area contributed by atoms with Crippen LogP contribution in [0.25, 0.3) is 5.76 Å². The van der Waals surface area contributed by atoms with Crippen LogP contribution in [0.15, 0.2) is 90.8 Å². The zero-order valence-electron chi connectivity index (χ0n) is 14.3. The minimum Gasteiger partial charge on any atom is -0.507 e. The number of aliphatic hydroxyl groups is 1. The Morgan fingerprint density at radius 2 is 1.56 bits per heavy atom. The van der Waals surface area contributed by atoms with Gasteiger partial charge in [-0.05, 0) is 17.7 Å². The van der Waals surface area contributed by atoms with Gasteiger partial charge in [0.2, 0.25) is 0 Å². The van der Waals surface area contributed by atoms with Crippen molar-refractivity contribution in [3.63, 3.8) is 0 Å². The fraction of sp³-hybridized carbons (Fsp3) is 0.0455. The molecule has 5 nitrogen and oxygen atoms in total. The molecule has 0 bridgehead atoms. The van der Waals surface area contributed by atoms with Crippen LogP contribution in [0.3, 0.4) is 0 Å². The largest absolute Gasteiger partial charge is 0.507 e. The van der Waals surface area contributed by atoms with Crippen LogP contribution in [0.5, 0.6) is 0 Å². The van der Waals surface area contributed by atoms with Crippen molar-refractivity contribution in [2.24, 2.45) is 0 Å². The fourth-order valence-electron chi connectivity index (χ4n) is 3.30. The molecule has 4 rings (SSSR count). The number of amides is 1. The van der Waals surface area contributed by atoms with E-state index >= 15 is 0 Å². The zero-order chi connectivity index (χ0) is 18.8. The molecule has 1 aliphatic heterocycles. The molecule has 5 heteroatoms. The summed E-state index contributed by atoms with van der Waals surface area (Å²) >= 11 is 0. The van der Waals surface area contributed by atoms with Gasteiger partial charge in [0, 0.05) is 11.8 Å². The molecule has 1 saturated heterocycles. The molecule has 0 aliphatic carbocycles. The number of Topliss-reactive ketones (excluding diaryl/α,β-unsaturated/α-hetero) is 1. The van der Waals surface area contributed by atoms with E-state index in [9.17, 15) is 14.7 Å². The number of carbonyl (C=O) groups excluding carboxylic acids is 2. The predicted molar refractivity (Wildman–Crippen MR) is 102 cm³/mol. The van der Waals surface area contributed by atoms with E-state index in [1.807, 2.05) is 36.4 Å². The number of carbonyl (C=O) groups is 2. The third kappa shape index (κ3) is 2.89. The average Bonchev–Trinajstić information content (AvgIpc) is 3.00.